The Morgan fingerprint density at radius 3 is 2.40 bits per heavy atom. The van der Waals surface area contributed by atoms with Crippen molar-refractivity contribution in [2.75, 3.05) is 11.9 Å². The predicted octanol–water partition coefficient (Wildman–Crippen LogP) is 3.56. The van der Waals surface area contributed by atoms with Crippen LogP contribution in [0.2, 0.25) is 0 Å². The maximum atomic E-state index is 13.6. The second-order valence-electron chi connectivity index (χ2n) is 4.55. The summed E-state index contributed by atoms with van der Waals surface area (Å²) in [7, 11) is 0. The number of anilines is 1. The van der Waals surface area contributed by atoms with Gasteiger partial charge in [-0.2, -0.15) is 0 Å². The lowest BCUT2D eigenvalue weighted by Gasteiger charge is -2.14. The van der Waals surface area contributed by atoms with Crippen molar-refractivity contribution in [1.82, 2.24) is 0 Å². The molecule has 0 bridgehead atoms. The molecule has 1 unspecified atom stereocenters. The van der Waals surface area contributed by atoms with Crippen LogP contribution in [0, 0.1) is 24.4 Å². The molecule has 0 amide bonds. The Labute approximate surface area is 114 Å². The van der Waals surface area contributed by atoms with Crippen LogP contribution >= 0.6 is 0 Å². The van der Waals surface area contributed by atoms with E-state index in [1.54, 1.807) is 19.1 Å². The van der Waals surface area contributed by atoms with Crippen LogP contribution in [-0.4, -0.2) is 11.7 Å². The standard InChI is InChI=1S/C15H14F3NO/c1-9-2-5-14(13(18)6-9)19-8-15(20)10-3-4-11(16)12(17)7-10/h2-7,15,19-20H,8H2,1H3. The lowest BCUT2D eigenvalue weighted by Crippen LogP contribution is -2.13. The van der Waals surface area contributed by atoms with Crippen molar-refractivity contribution >= 4 is 5.69 Å². The second-order valence-corrected chi connectivity index (χ2v) is 4.55. The lowest BCUT2D eigenvalue weighted by molar-refractivity contribution is 0.191. The van der Waals surface area contributed by atoms with Gasteiger partial charge in [-0.15, -0.1) is 0 Å². The smallest absolute Gasteiger partial charge is 0.159 e. The molecule has 0 saturated carbocycles. The van der Waals surface area contributed by atoms with Crippen molar-refractivity contribution in [3.05, 3.63) is 65.0 Å². The molecule has 0 fully saturated rings. The number of aliphatic hydroxyl groups excluding tert-OH is 1. The van der Waals surface area contributed by atoms with Crippen molar-refractivity contribution in [2.45, 2.75) is 13.0 Å². The van der Waals surface area contributed by atoms with E-state index in [-0.39, 0.29) is 17.8 Å². The molecule has 20 heavy (non-hydrogen) atoms. The number of benzene rings is 2. The molecule has 0 aliphatic carbocycles. The molecule has 0 aliphatic heterocycles. The summed E-state index contributed by atoms with van der Waals surface area (Å²) in [5.41, 5.74) is 1.26. The monoisotopic (exact) mass is 281 g/mol. The van der Waals surface area contributed by atoms with Crippen molar-refractivity contribution < 1.29 is 18.3 Å². The number of halogens is 3. The summed E-state index contributed by atoms with van der Waals surface area (Å²) >= 11 is 0. The third kappa shape index (κ3) is 3.30. The predicted molar refractivity (Wildman–Crippen MR) is 70.9 cm³/mol. The van der Waals surface area contributed by atoms with Crippen LogP contribution in [0.5, 0.6) is 0 Å². The van der Waals surface area contributed by atoms with Gasteiger partial charge in [0.1, 0.15) is 5.82 Å². The quantitative estimate of drug-likeness (QED) is 0.898. The van der Waals surface area contributed by atoms with Crippen LogP contribution < -0.4 is 5.32 Å². The topological polar surface area (TPSA) is 32.3 Å². The van der Waals surface area contributed by atoms with E-state index in [0.717, 1.165) is 17.7 Å². The Hall–Kier alpha value is -2.01. The van der Waals surface area contributed by atoms with Crippen LogP contribution in [0.1, 0.15) is 17.2 Å². The summed E-state index contributed by atoms with van der Waals surface area (Å²) in [6.45, 7) is 1.76. The van der Waals surface area contributed by atoms with Crippen LogP contribution in [-0.2, 0) is 0 Å². The highest BCUT2D eigenvalue weighted by atomic mass is 19.2. The second kappa shape index (κ2) is 5.96. The number of hydrogen-bond donors (Lipinski definition) is 2. The first-order chi connectivity index (χ1) is 9.47. The van der Waals surface area contributed by atoms with Crippen LogP contribution in [0.15, 0.2) is 36.4 Å². The molecule has 1 atom stereocenters. The molecule has 0 heterocycles. The number of aliphatic hydroxyl groups is 1. The highest BCUT2D eigenvalue weighted by Gasteiger charge is 2.11. The number of hydrogen-bond acceptors (Lipinski definition) is 2. The Balaban J connectivity index is 2.04. The van der Waals surface area contributed by atoms with Gasteiger partial charge in [-0.05, 0) is 42.3 Å². The molecule has 2 nitrogen and oxygen atoms in total. The summed E-state index contributed by atoms with van der Waals surface area (Å²) in [6, 6.07) is 7.81. The number of rotatable bonds is 4. The summed E-state index contributed by atoms with van der Waals surface area (Å²) < 4.78 is 39.4. The molecule has 0 aromatic heterocycles. The Morgan fingerprint density at radius 1 is 1.00 bits per heavy atom. The van der Waals surface area contributed by atoms with Gasteiger partial charge in [0.25, 0.3) is 0 Å². The minimum Gasteiger partial charge on any atom is -0.387 e. The van der Waals surface area contributed by atoms with Gasteiger partial charge in [-0.3, -0.25) is 0 Å². The average molecular weight is 281 g/mol. The summed E-state index contributed by atoms with van der Waals surface area (Å²) in [5.74, 6) is -2.43. The third-order valence-electron chi connectivity index (χ3n) is 2.94. The van der Waals surface area contributed by atoms with Gasteiger partial charge in [0, 0.05) is 6.54 Å². The molecule has 2 aromatic rings. The molecule has 2 rings (SSSR count). The molecular formula is C15H14F3NO. The van der Waals surface area contributed by atoms with E-state index < -0.39 is 23.6 Å². The molecule has 0 saturated heterocycles. The summed E-state index contributed by atoms with van der Waals surface area (Å²) in [5, 5.41) is 12.6. The molecule has 2 N–H and O–H groups in total. The van der Waals surface area contributed by atoms with E-state index in [4.69, 9.17) is 0 Å². The van der Waals surface area contributed by atoms with Crippen LogP contribution in [0.3, 0.4) is 0 Å². The highest BCUT2D eigenvalue weighted by Crippen LogP contribution is 2.19. The zero-order valence-electron chi connectivity index (χ0n) is 10.8. The molecule has 2 aromatic carbocycles. The minimum atomic E-state index is -1.06. The highest BCUT2D eigenvalue weighted by molar-refractivity contribution is 5.46. The molecule has 0 radical (unpaired) electrons. The average Bonchev–Trinajstić information content (AvgIpc) is 2.40. The Bertz CT molecular complexity index is 616. The van der Waals surface area contributed by atoms with E-state index in [1.165, 1.54) is 12.1 Å². The SMILES string of the molecule is Cc1ccc(NCC(O)c2ccc(F)c(F)c2)c(F)c1. The Morgan fingerprint density at radius 2 is 1.75 bits per heavy atom. The van der Waals surface area contributed by atoms with Crippen molar-refractivity contribution in [3.8, 4) is 0 Å². The maximum Gasteiger partial charge on any atom is 0.159 e. The number of aryl methyl sites for hydroxylation is 1. The molecule has 5 heteroatoms. The molecular weight excluding hydrogens is 267 g/mol. The normalized spacial score (nSPS) is 12.2. The first kappa shape index (κ1) is 14.4. The fraction of sp³-hybridized carbons (Fsp3) is 0.200. The van der Waals surface area contributed by atoms with Gasteiger partial charge < -0.3 is 10.4 Å². The van der Waals surface area contributed by atoms with E-state index in [0.29, 0.717) is 0 Å². The van der Waals surface area contributed by atoms with Gasteiger partial charge in [0.15, 0.2) is 11.6 Å². The van der Waals surface area contributed by atoms with E-state index in [9.17, 15) is 18.3 Å². The largest absolute Gasteiger partial charge is 0.387 e. The fourth-order valence-corrected chi connectivity index (χ4v) is 1.81. The molecule has 0 spiro atoms. The van der Waals surface area contributed by atoms with Gasteiger partial charge in [0.2, 0.25) is 0 Å². The van der Waals surface area contributed by atoms with Gasteiger partial charge in [-0.1, -0.05) is 12.1 Å². The summed E-state index contributed by atoms with van der Waals surface area (Å²) in [4.78, 5) is 0. The molecule has 0 aliphatic rings. The van der Waals surface area contributed by atoms with Gasteiger partial charge in [-0.25, -0.2) is 13.2 Å². The summed E-state index contributed by atoms with van der Waals surface area (Å²) in [6.07, 6.45) is -1.06. The van der Waals surface area contributed by atoms with E-state index in [1.807, 2.05) is 0 Å². The van der Waals surface area contributed by atoms with E-state index >= 15 is 0 Å². The third-order valence-corrected chi connectivity index (χ3v) is 2.94. The zero-order valence-corrected chi connectivity index (χ0v) is 10.8. The van der Waals surface area contributed by atoms with Gasteiger partial charge >= 0.3 is 0 Å². The van der Waals surface area contributed by atoms with E-state index in [2.05, 4.69) is 5.32 Å². The minimum absolute atomic E-state index is 0.00888. The van der Waals surface area contributed by atoms with Crippen molar-refractivity contribution in [3.63, 3.8) is 0 Å². The van der Waals surface area contributed by atoms with Gasteiger partial charge in [0.05, 0.1) is 11.8 Å². The van der Waals surface area contributed by atoms with Crippen LogP contribution in [0.4, 0.5) is 18.9 Å². The lowest BCUT2D eigenvalue weighted by atomic mass is 10.1. The number of nitrogens with one attached hydrogen (secondary N) is 1. The first-order valence-electron chi connectivity index (χ1n) is 6.10. The first-order valence-corrected chi connectivity index (χ1v) is 6.10. The van der Waals surface area contributed by atoms with Crippen molar-refractivity contribution in [1.29, 1.82) is 0 Å². The van der Waals surface area contributed by atoms with Crippen LogP contribution in [0.25, 0.3) is 0 Å². The Kier molecular flexibility index (Phi) is 4.29. The zero-order chi connectivity index (χ0) is 14.7. The molecule has 106 valence electrons. The maximum absolute atomic E-state index is 13.6. The fourth-order valence-electron chi connectivity index (χ4n) is 1.81. The van der Waals surface area contributed by atoms with Crippen molar-refractivity contribution in [2.24, 2.45) is 0 Å².